The third kappa shape index (κ3) is 2.64. The average molecular weight is 228 g/mol. The SMILES string of the molecule is Cc1ccccc1Oc1ccc(C(=O)O)cc1. The molecule has 2 rings (SSSR count). The fraction of sp³-hybridized carbons (Fsp3) is 0.0714. The van der Waals surface area contributed by atoms with Gasteiger partial charge in [0.2, 0.25) is 0 Å². The molecule has 0 amide bonds. The van der Waals surface area contributed by atoms with Gasteiger partial charge in [-0.2, -0.15) is 0 Å². The van der Waals surface area contributed by atoms with E-state index in [0.29, 0.717) is 5.75 Å². The molecule has 3 nitrogen and oxygen atoms in total. The Labute approximate surface area is 99.3 Å². The molecule has 86 valence electrons. The summed E-state index contributed by atoms with van der Waals surface area (Å²) < 4.78 is 5.65. The third-order valence-electron chi connectivity index (χ3n) is 2.42. The van der Waals surface area contributed by atoms with Crippen LogP contribution < -0.4 is 4.74 Å². The van der Waals surface area contributed by atoms with Crippen LogP contribution in [0.15, 0.2) is 48.5 Å². The van der Waals surface area contributed by atoms with E-state index in [0.717, 1.165) is 11.3 Å². The first kappa shape index (κ1) is 11.2. The lowest BCUT2D eigenvalue weighted by molar-refractivity contribution is 0.0697. The number of hydrogen-bond acceptors (Lipinski definition) is 2. The van der Waals surface area contributed by atoms with Gasteiger partial charge >= 0.3 is 5.97 Å². The molecule has 2 aromatic rings. The van der Waals surface area contributed by atoms with Crippen LogP contribution in [-0.2, 0) is 0 Å². The Morgan fingerprint density at radius 3 is 2.29 bits per heavy atom. The molecule has 3 heteroatoms. The first-order valence-corrected chi connectivity index (χ1v) is 5.23. The molecule has 0 atom stereocenters. The second-order valence-corrected chi connectivity index (χ2v) is 3.70. The Balaban J connectivity index is 2.20. The van der Waals surface area contributed by atoms with Crippen molar-refractivity contribution in [2.24, 2.45) is 0 Å². The zero-order chi connectivity index (χ0) is 12.3. The number of carbonyl (C=O) groups is 1. The number of benzene rings is 2. The van der Waals surface area contributed by atoms with Crippen molar-refractivity contribution in [2.45, 2.75) is 6.92 Å². The monoisotopic (exact) mass is 228 g/mol. The van der Waals surface area contributed by atoms with Crippen molar-refractivity contribution in [1.29, 1.82) is 0 Å². The smallest absolute Gasteiger partial charge is 0.335 e. The lowest BCUT2D eigenvalue weighted by atomic mass is 10.2. The molecule has 1 N–H and O–H groups in total. The zero-order valence-electron chi connectivity index (χ0n) is 9.38. The van der Waals surface area contributed by atoms with E-state index in [4.69, 9.17) is 9.84 Å². The predicted molar refractivity (Wildman–Crippen MR) is 64.7 cm³/mol. The van der Waals surface area contributed by atoms with Gasteiger partial charge in [0.05, 0.1) is 5.56 Å². The van der Waals surface area contributed by atoms with Crippen LogP contribution in [0.5, 0.6) is 11.5 Å². The minimum Gasteiger partial charge on any atom is -0.478 e. The number of rotatable bonds is 3. The molecular formula is C14H12O3. The van der Waals surface area contributed by atoms with Gasteiger partial charge in [0.1, 0.15) is 11.5 Å². The summed E-state index contributed by atoms with van der Waals surface area (Å²) in [7, 11) is 0. The molecule has 0 radical (unpaired) electrons. The molecule has 2 aromatic carbocycles. The van der Waals surface area contributed by atoms with E-state index < -0.39 is 5.97 Å². The molecule has 0 heterocycles. The summed E-state index contributed by atoms with van der Waals surface area (Å²) in [4.78, 5) is 10.7. The molecule has 17 heavy (non-hydrogen) atoms. The van der Waals surface area contributed by atoms with Crippen molar-refractivity contribution in [3.63, 3.8) is 0 Å². The highest BCUT2D eigenvalue weighted by molar-refractivity contribution is 5.87. The standard InChI is InChI=1S/C14H12O3/c1-10-4-2-3-5-13(10)17-12-8-6-11(7-9-12)14(15)16/h2-9H,1H3,(H,15,16). The van der Waals surface area contributed by atoms with Crippen LogP contribution in [0.4, 0.5) is 0 Å². The highest BCUT2D eigenvalue weighted by Gasteiger charge is 2.03. The van der Waals surface area contributed by atoms with Crippen molar-refractivity contribution < 1.29 is 14.6 Å². The highest BCUT2D eigenvalue weighted by Crippen LogP contribution is 2.24. The Hall–Kier alpha value is -2.29. The van der Waals surface area contributed by atoms with E-state index in [9.17, 15) is 4.79 Å². The Kier molecular flexibility index (Phi) is 3.10. The van der Waals surface area contributed by atoms with E-state index in [1.54, 1.807) is 12.1 Å². The average Bonchev–Trinajstić information content (AvgIpc) is 2.33. The first-order chi connectivity index (χ1) is 8.16. The molecule has 0 aliphatic heterocycles. The van der Waals surface area contributed by atoms with Crippen molar-refractivity contribution in [3.8, 4) is 11.5 Å². The lowest BCUT2D eigenvalue weighted by Crippen LogP contribution is -1.95. The summed E-state index contributed by atoms with van der Waals surface area (Å²) in [5, 5.41) is 8.77. The second-order valence-electron chi connectivity index (χ2n) is 3.70. The van der Waals surface area contributed by atoms with Crippen LogP contribution in [-0.4, -0.2) is 11.1 Å². The number of carboxylic acid groups (broad SMARTS) is 1. The zero-order valence-corrected chi connectivity index (χ0v) is 9.38. The Morgan fingerprint density at radius 2 is 1.71 bits per heavy atom. The third-order valence-corrected chi connectivity index (χ3v) is 2.42. The molecule has 0 unspecified atom stereocenters. The number of aromatic carboxylic acids is 1. The minimum absolute atomic E-state index is 0.252. The van der Waals surface area contributed by atoms with Gasteiger partial charge in [-0.25, -0.2) is 4.79 Å². The fourth-order valence-corrected chi connectivity index (χ4v) is 1.46. The quantitative estimate of drug-likeness (QED) is 0.874. The normalized spacial score (nSPS) is 9.94. The van der Waals surface area contributed by atoms with Crippen LogP contribution in [0.1, 0.15) is 15.9 Å². The maximum Gasteiger partial charge on any atom is 0.335 e. The largest absolute Gasteiger partial charge is 0.478 e. The highest BCUT2D eigenvalue weighted by atomic mass is 16.5. The van der Waals surface area contributed by atoms with Gasteiger partial charge in [0.15, 0.2) is 0 Å². The molecule has 0 aromatic heterocycles. The van der Waals surface area contributed by atoms with Gasteiger partial charge in [0, 0.05) is 0 Å². The maximum absolute atomic E-state index is 10.7. The Morgan fingerprint density at radius 1 is 1.06 bits per heavy atom. The van der Waals surface area contributed by atoms with Crippen LogP contribution in [0, 0.1) is 6.92 Å². The van der Waals surface area contributed by atoms with Crippen LogP contribution in [0.25, 0.3) is 0 Å². The molecule has 0 spiro atoms. The molecule has 0 fully saturated rings. The van der Waals surface area contributed by atoms with Crippen molar-refractivity contribution in [1.82, 2.24) is 0 Å². The molecule has 0 saturated carbocycles. The van der Waals surface area contributed by atoms with Crippen LogP contribution in [0.2, 0.25) is 0 Å². The van der Waals surface area contributed by atoms with E-state index in [1.165, 1.54) is 12.1 Å². The number of hydrogen-bond donors (Lipinski definition) is 1. The summed E-state index contributed by atoms with van der Waals surface area (Å²) in [6.07, 6.45) is 0. The summed E-state index contributed by atoms with van der Waals surface area (Å²) in [6, 6.07) is 14.0. The number of ether oxygens (including phenoxy) is 1. The summed E-state index contributed by atoms with van der Waals surface area (Å²) in [5.41, 5.74) is 1.29. The number of aryl methyl sites for hydroxylation is 1. The predicted octanol–water partition coefficient (Wildman–Crippen LogP) is 3.49. The van der Waals surface area contributed by atoms with Gasteiger partial charge in [0.25, 0.3) is 0 Å². The van der Waals surface area contributed by atoms with Gasteiger partial charge in [-0.3, -0.25) is 0 Å². The fourth-order valence-electron chi connectivity index (χ4n) is 1.46. The topological polar surface area (TPSA) is 46.5 Å². The van der Waals surface area contributed by atoms with Gasteiger partial charge < -0.3 is 9.84 Å². The van der Waals surface area contributed by atoms with Gasteiger partial charge in [-0.05, 0) is 42.8 Å². The first-order valence-electron chi connectivity index (χ1n) is 5.23. The summed E-state index contributed by atoms with van der Waals surface area (Å²) in [5.74, 6) is 0.465. The maximum atomic E-state index is 10.7. The molecule has 0 aliphatic rings. The molecule has 0 aliphatic carbocycles. The van der Waals surface area contributed by atoms with E-state index in [2.05, 4.69) is 0 Å². The summed E-state index contributed by atoms with van der Waals surface area (Å²) in [6.45, 7) is 1.96. The van der Waals surface area contributed by atoms with Gasteiger partial charge in [-0.15, -0.1) is 0 Å². The van der Waals surface area contributed by atoms with Crippen LogP contribution >= 0.6 is 0 Å². The van der Waals surface area contributed by atoms with Crippen molar-refractivity contribution in [3.05, 3.63) is 59.7 Å². The van der Waals surface area contributed by atoms with E-state index >= 15 is 0 Å². The molecular weight excluding hydrogens is 216 g/mol. The van der Waals surface area contributed by atoms with E-state index in [1.807, 2.05) is 31.2 Å². The van der Waals surface area contributed by atoms with E-state index in [-0.39, 0.29) is 5.56 Å². The number of para-hydroxylation sites is 1. The lowest BCUT2D eigenvalue weighted by Gasteiger charge is -2.08. The van der Waals surface area contributed by atoms with Crippen molar-refractivity contribution >= 4 is 5.97 Å². The van der Waals surface area contributed by atoms with Crippen LogP contribution in [0.3, 0.4) is 0 Å². The Bertz CT molecular complexity index is 529. The van der Waals surface area contributed by atoms with Gasteiger partial charge in [-0.1, -0.05) is 18.2 Å². The minimum atomic E-state index is -0.938. The summed E-state index contributed by atoms with van der Waals surface area (Å²) >= 11 is 0. The molecule has 0 saturated heterocycles. The second kappa shape index (κ2) is 4.70. The van der Waals surface area contributed by atoms with Crippen molar-refractivity contribution in [2.75, 3.05) is 0 Å². The molecule has 0 bridgehead atoms. The number of carboxylic acids is 1.